The van der Waals surface area contributed by atoms with Gasteiger partial charge in [-0.25, -0.2) is 0 Å². The Bertz CT molecular complexity index is 492. The molecule has 1 rings (SSSR count). The highest BCUT2D eigenvalue weighted by molar-refractivity contribution is 9.10. The molecule has 0 aliphatic carbocycles. The number of benzene rings is 1. The van der Waals surface area contributed by atoms with E-state index < -0.39 is 23.7 Å². The van der Waals surface area contributed by atoms with E-state index in [2.05, 4.69) is 15.9 Å². The average molecular weight is 364 g/mol. The van der Waals surface area contributed by atoms with Crippen LogP contribution >= 0.6 is 15.9 Å². The molecule has 9 heteroatoms. The molecule has 1 atom stereocenters. The van der Waals surface area contributed by atoms with Crippen LogP contribution in [0.3, 0.4) is 0 Å². The van der Waals surface area contributed by atoms with Gasteiger partial charge >= 0.3 is 12.1 Å². The lowest BCUT2D eigenvalue weighted by Gasteiger charge is -2.27. The number of alkyl halides is 5. The second kappa shape index (κ2) is 5.72. The summed E-state index contributed by atoms with van der Waals surface area (Å²) in [4.78, 5) is 0. The molecule has 2 N–H and O–H groups in total. The van der Waals surface area contributed by atoms with E-state index in [1.54, 1.807) is 0 Å². The molecule has 0 fully saturated rings. The highest BCUT2D eigenvalue weighted by atomic mass is 79.9. The maximum atomic E-state index is 13.3. The molecule has 0 radical (unpaired) electrons. The summed E-state index contributed by atoms with van der Waals surface area (Å²) in [6.45, 7) is 0. The van der Waals surface area contributed by atoms with Crippen molar-refractivity contribution in [2.75, 3.05) is 14.2 Å². The first-order valence-electron chi connectivity index (χ1n) is 5.18. The fraction of sp³-hybridized carbons (Fsp3) is 0.455. The van der Waals surface area contributed by atoms with Gasteiger partial charge < -0.3 is 15.2 Å². The van der Waals surface area contributed by atoms with E-state index in [-0.39, 0.29) is 16.0 Å². The minimum absolute atomic E-state index is 0.105. The van der Waals surface area contributed by atoms with Crippen molar-refractivity contribution in [3.05, 3.63) is 22.2 Å². The quantitative estimate of drug-likeness (QED) is 0.830. The molecule has 20 heavy (non-hydrogen) atoms. The van der Waals surface area contributed by atoms with Crippen molar-refractivity contribution in [3.8, 4) is 11.5 Å². The number of methoxy groups -OCH3 is 2. The van der Waals surface area contributed by atoms with Gasteiger partial charge in [-0.2, -0.15) is 22.0 Å². The van der Waals surface area contributed by atoms with Crippen molar-refractivity contribution in [2.45, 2.75) is 18.1 Å². The van der Waals surface area contributed by atoms with Gasteiger partial charge in [-0.1, -0.05) is 0 Å². The standard InChI is InChI=1S/C11H11BrF5NO2/c1-19-6-4-3-5(8(20-2)7(6)12)9(18)10(13,14)11(15,16)17/h3-4,9H,18H2,1-2H3. The first-order chi connectivity index (χ1) is 9.07. The monoisotopic (exact) mass is 363 g/mol. The van der Waals surface area contributed by atoms with Gasteiger partial charge in [0.05, 0.1) is 14.2 Å². The smallest absolute Gasteiger partial charge is 0.455 e. The Morgan fingerprint density at radius 2 is 1.65 bits per heavy atom. The second-order valence-corrected chi connectivity index (χ2v) is 4.60. The molecule has 1 aromatic carbocycles. The Labute approximate surface area is 120 Å². The van der Waals surface area contributed by atoms with Crippen LogP contribution in [0.25, 0.3) is 0 Å². The first kappa shape index (κ1) is 17.0. The minimum Gasteiger partial charge on any atom is -0.495 e. The Kier molecular flexibility index (Phi) is 4.86. The predicted octanol–water partition coefficient (Wildman–Crippen LogP) is 3.66. The zero-order chi connectivity index (χ0) is 15.7. The lowest BCUT2D eigenvalue weighted by atomic mass is 9.99. The van der Waals surface area contributed by atoms with Crippen molar-refractivity contribution >= 4 is 15.9 Å². The third kappa shape index (κ3) is 2.83. The molecule has 0 aliphatic heterocycles. The topological polar surface area (TPSA) is 44.5 Å². The Hall–Kier alpha value is -1.09. The zero-order valence-corrected chi connectivity index (χ0v) is 12.0. The van der Waals surface area contributed by atoms with Gasteiger partial charge in [0.2, 0.25) is 0 Å². The molecule has 3 nitrogen and oxygen atoms in total. The lowest BCUT2D eigenvalue weighted by Crippen LogP contribution is -2.46. The van der Waals surface area contributed by atoms with E-state index in [0.29, 0.717) is 0 Å². The van der Waals surface area contributed by atoms with Crippen LogP contribution in [0.1, 0.15) is 11.6 Å². The summed E-state index contributed by atoms with van der Waals surface area (Å²) < 4.78 is 73.5. The number of hydrogen-bond acceptors (Lipinski definition) is 3. The van der Waals surface area contributed by atoms with Gasteiger partial charge in [-0.3, -0.25) is 0 Å². The van der Waals surface area contributed by atoms with Crippen LogP contribution in [-0.4, -0.2) is 26.3 Å². The van der Waals surface area contributed by atoms with Crippen LogP contribution in [-0.2, 0) is 0 Å². The molecule has 0 heterocycles. The molecule has 0 amide bonds. The molecule has 1 aromatic rings. The number of halogens is 6. The molecule has 114 valence electrons. The molecular weight excluding hydrogens is 353 g/mol. The van der Waals surface area contributed by atoms with E-state index in [0.717, 1.165) is 13.2 Å². The first-order valence-corrected chi connectivity index (χ1v) is 5.97. The largest absolute Gasteiger partial charge is 0.495 e. The van der Waals surface area contributed by atoms with Crippen LogP contribution in [0, 0.1) is 0 Å². The lowest BCUT2D eigenvalue weighted by molar-refractivity contribution is -0.291. The van der Waals surface area contributed by atoms with Crippen molar-refractivity contribution < 1.29 is 31.4 Å². The third-order valence-corrected chi connectivity index (χ3v) is 3.37. The van der Waals surface area contributed by atoms with Crippen LogP contribution in [0.15, 0.2) is 16.6 Å². The minimum atomic E-state index is -5.76. The summed E-state index contributed by atoms with van der Waals surface area (Å²) in [7, 11) is 2.44. The molecule has 0 aliphatic rings. The summed E-state index contributed by atoms with van der Waals surface area (Å²) in [5.74, 6) is -5.11. The molecule has 0 saturated carbocycles. The summed E-state index contributed by atoms with van der Waals surface area (Å²) >= 11 is 3.01. The third-order valence-electron chi connectivity index (χ3n) is 2.62. The van der Waals surface area contributed by atoms with Gasteiger partial charge in [0, 0.05) is 5.56 Å². The maximum Gasteiger partial charge on any atom is 0.455 e. The molecular formula is C11H11BrF5NO2. The van der Waals surface area contributed by atoms with Crippen molar-refractivity contribution in [2.24, 2.45) is 5.73 Å². The summed E-state index contributed by atoms with van der Waals surface area (Å²) in [6.07, 6.45) is -5.76. The fourth-order valence-corrected chi connectivity index (χ4v) is 2.22. The zero-order valence-electron chi connectivity index (χ0n) is 10.4. The molecule has 0 spiro atoms. The van der Waals surface area contributed by atoms with Crippen LogP contribution in [0.2, 0.25) is 0 Å². The van der Waals surface area contributed by atoms with E-state index in [1.165, 1.54) is 13.2 Å². The number of hydrogen-bond donors (Lipinski definition) is 1. The van der Waals surface area contributed by atoms with Gasteiger partial charge in [-0.15, -0.1) is 0 Å². The van der Waals surface area contributed by atoms with Gasteiger partial charge in [0.25, 0.3) is 0 Å². The molecule has 0 saturated heterocycles. The van der Waals surface area contributed by atoms with Crippen LogP contribution in [0.4, 0.5) is 22.0 Å². The van der Waals surface area contributed by atoms with Crippen LogP contribution < -0.4 is 15.2 Å². The molecule has 1 unspecified atom stereocenters. The average Bonchev–Trinajstić information content (AvgIpc) is 2.36. The van der Waals surface area contributed by atoms with Crippen molar-refractivity contribution in [1.29, 1.82) is 0 Å². The van der Waals surface area contributed by atoms with Crippen LogP contribution in [0.5, 0.6) is 11.5 Å². The fourth-order valence-electron chi connectivity index (χ4n) is 1.53. The van der Waals surface area contributed by atoms with Crippen molar-refractivity contribution in [1.82, 2.24) is 0 Å². The SMILES string of the molecule is COc1ccc(C(N)C(F)(F)C(F)(F)F)c(OC)c1Br. The highest BCUT2D eigenvalue weighted by Crippen LogP contribution is 2.47. The molecule has 0 aromatic heterocycles. The van der Waals surface area contributed by atoms with E-state index >= 15 is 0 Å². The van der Waals surface area contributed by atoms with E-state index in [4.69, 9.17) is 15.2 Å². The highest BCUT2D eigenvalue weighted by Gasteiger charge is 2.62. The van der Waals surface area contributed by atoms with Gasteiger partial charge in [0.1, 0.15) is 22.0 Å². The predicted molar refractivity (Wildman–Crippen MR) is 65.2 cm³/mol. The number of nitrogens with two attached hydrogens (primary N) is 1. The normalized spacial score (nSPS) is 14.1. The van der Waals surface area contributed by atoms with E-state index in [1.807, 2.05) is 0 Å². The second-order valence-electron chi connectivity index (χ2n) is 3.80. The Morgan fingerprint density at radius 1 is 1.10 bits per heavy atom. The number of rotatable bonds is 4. The van der Waals surface area contributed by atoms with Crippen molar-refractivity contribution in [3.63, 3.8) is 0 Å². The summed E-state index contributed by atoms with van der Waals surface area (Å²) in [5.41, 5.74) is 4.60. The van der Waals surface area contributed by atoms with E-state index in [9.17, 15) is 22.0 Å². The van der Waals surface area contributed by atoms with Gasteiger partial charge in [0.15, 0.2) is 0 Å². The Morgan fingerprint density at radius 3 is 2.05 bits per heavy atom. The Balaban J connectivity index is 3.37. The summed E-state index contributed by atoms with van der Waals surface area (Å²) in [6, 6.07) is -0.374. The maximum absolute atomic E-state index is 13.3. The number of ether oxygens (including phenoxy) is 2. The van der Waals surface area contributed by atoms with Gasteiger partial charge in [-0.05, 0) is 28.1 Å². The molecule has 0 bridgehead atoms. The summed E-state index contributed by atoms with van der Waals surface area (Å²) in [5, 5.41) is 0.